The Bertz CT molecular complexity index is 1300. The van der Waals surface area contributed by atoms with Gasteiger partial charge in [-0.2, -0.15) is 4.31 Å². The highest BCUT2D eigenvalue weighted by atomic mass is 32.2. The first-order valence-electron chi connectivity index (χ1n) is 12.1. The van der Waals surface area contributed by atoms with Crippen LogP contribution in [0.5, 0.6) is 5.75 Å². The predicted molar refractivity (Wildman–Crippen MR) is 148 cm³/mol. The molecule has 1 heterocycles. The summed E-state index contributed by atoms with van der Waals surface area (Å²) in [5, 5.41) is 20.1. The summed E-state index contributed by atoms with van der Waals surface area (Å²) in [7, 11) is -3.66. The first-order chi connectivity index (χ1) is 18.1. The molecule has 1 aliphatic heterocycles. The fourth-order valence-corrected chi connectivity index (χ4v) is 7.46. The number of aromatic hydroxyl groups is 1. The number of thioether (sulfide) groups is 2. The quantitative estimate of drug-likeness (QED) is 0.369. The second-order valence-corrected chi connectivity index (χ2v) is 12.4. The van der Waals surface area contributed by atoms with Gasteiger partial charge in [-0.05, 0) is 43.2 Å². The molecule has 2 aromatic rings. The molecule has 204 valence electrons. The number of phenols is 1. The number of nitrogens with zero attached hydrogens (tertiary/aromatic N) is 2. The number of phenolic OH excluding ortho intramolecular Hbond substituents is 1. The molecule has 3 rings (SSSR count). The largest absolute Gasteiger partial charge is 0.508 e. The van der Waals surface area contributed by atoms with E-state index in [4.69, 9.17) is 0 Å². The van der Waals surface area contributed by atoms with Gasteiger partial charge in [-0.25, -0.2) is 13.2 Å². The molecule has 2 N–H and O–H groups in total. The summed E-state index contributed by atoms with van der Waals surface area (Å²) >= 11 is 2.00. The molecule has 0 saturated heterocycles. The molecule has 1 amide bonds. The molecule has 0 saturated carbocycles. The van der Waals surface area contributed by atoms with Gasteiger partial charge >= 0.3 is 5.97 Å². The Kier molecular flexibility index (Phi) is 10.4. The second-order valence-electron chi connectivity index (χ2n) is 8.43. The zero-order chi connectivity index (χ0) is 27.9. The van der Waals surface area contributed by atoms with Crippen LogP contribution < -0.4 is 0 Å². The number of carboxylic acid groups (broad SMARTS) is 1. The van der Waals surface area contributed by atoms with Crippen LogP contribution in [-0.4, -0.2) is 63.7 Å². The molecule has 0 aromatic heterocycles. The summed E-state index contributed by atoms with van der Waals surface area (Å²) in [4.78, 5) is 38.7. The molecular formula is C26H30N2O7S3. The summed E-state index contributed by atoms with van der Waals surface area (Å²) < 4.78 is 27.3. The number of para-hydroxylation sites is 1. The van der Waals surface area contributed by atoms with Crippen molar-refractivity contribution < 1.29 is 33.0 Å². The monoisotopic (exact) mass is 578 g/mol. The third-order valence-electron chi connectivity index (χ3n) is 5.72. The third kappa shape index (κ3) is 6.79. The van der Waals surface area contributed by atoms with Crippen LogP contribution in [0.3, 0.4) is 0 Å². The lowest BCUT2D eigenvalue weighted by atomic mass is 10.1. The van der Waals surface area contributed by atoms with E-state index in [1.54, 1.807) is 18.2 Å². The zero-order valence-corrected chi connectivity index (χ0v) is 23.5. The van der Waals surface area contributed by atoms with E-state index in [-0.39, 0.29) is 33.6 Å². The lowest BCUT2D eigenvalue weighted by molar-refractivity contribution is -0.139. The van der Waals surface area contributed by atoms with Crippen LogP contribution >= 0.6 is 23.5 Å². The molecule has 0 spiro atoms. The van der Waals surface area contributed by atoms with Gasteiger partial charge < -0.3 is 10.2 Å². The minimum Gasteiger partial charge on any atom is -0.508 e. The Hall–Kier alpha value is -2.80. The van der Waals surface area contributed by atoms with Crippen LogP contribution in [0, 0.1) is 0 Å². The first-order valence-corrected chi connectivity index (χ1v) is 15.4. The average Bonchev–Trinajstić information content (AvgIpc) is 3.34. The number of aliphatic carboxylic acids is 1. The number of hydrogen-bond acceptors (Lipinski definition) is 8. The molecule has 0 radical (unpaired) electrons. The number of carbonyl (C=O) groups is 3. The Morgan fingerprint density at radius 3 is 2.24 bits per heavy atom. The molecule has 2 aromatic carbocycles. The maximum absolute atomic E-state index is 13.0. The van der Waals surface area contributed by atoms with Crippen molar-refractivity contribution in [3.63, 3.8) is 0 Å². The third-order valence-corrected chi connectivity index (χ3v) is 9.62. The van der Waals surface area contributed by atoms with Crippen molar-refractivity contribution in [2.24, 2.45) is 0 Å². The summed E-state index contributed by atoms with van der Waals surface area (Å²) in [5.41, 5.74) is 0.518. The highest BCUT2D eigenvalue weighted by Crippen LogP contribution is 2.45. The van der Waals surface area contributed by atoms with E-state index in [9.17, 15) is 33.0 Å². The van der Waals surface area contributed by atoms with Gasteiger partial charge in [0.05, 0.1) is 4.90 Å². The molecule has 12 heteroatoms. The van der Waals surface area contributed by atoms with Gasteiger partial charge in [0.1, 0.15) is 16.8 Å². The van der Waals surface area contributed by atoms with Crippen molar-refractivity contribution in [1.29, 1.82) is 0 Å². The van der Waals surface area contributed by atoms with Crippen LogP contribution in [0.15, 0.2) is 64.5 Å². The first kappa shape index (κ1) is 29.8. The number of amides is 1. The van der Waals surface area contributed by atoms with E-state index < -0.39 is 27.3 Å². The lowest BCUT2D eigenvalue weighted by Gasteiger charge is -2.26. The van der Waals surface area contributed by atoms with Crippen LogP contribution in [0.4, 0.5) is 0 Å². The number of sulfonamides is 1. The van der Waals surface area contributed by atoms with Gasteiger partial charge in [0, 0.05) is 41.8 Å². The van der Waals surface area contributed by atoms with Gasteiger partial charge in [-0.1, -0.05) is 43.8 Å². The van der Waals surface area contributed by atoms with Crippen LogP contribution in [0.2, 0.25) is 0 Å². The van der Waals surface area contributed by atoms with Crippen LogP contribution in [0.1, 0.15) is 54.4 Å². The van der Waals surface area contributed by atoms with Crippen molar-refractivity contribution in [1.82, 2.24) is 9.21 Å². The number of carboxylic acids is 1. The maximum atomic E-state index is 13.0. The van der Waals surface area contributed by atoms with E-state index in [2.05, 4.69) is 0 Å². The van der Waals surface area contributed by atoms with Crippen LogP contribution in [0.25, 0.3) is 0 Å². The fourth-order valence-electron chi connectivity index (χ4n) is 3.90. The van der Waals surface area contributed by atoms with Crippen molar-refractivity contribution in [2.45, 2.75) is 43.4 Å². The number of benzene rings is 2. The topological polar surface area (TPSA) is 132 Å². The summed E-state index contributed by atoms with van der Waals surface area (Å²) in [6.45, 7) is 4.66. The lowest BCUT2D eigenvalue weighted by Crippen LogP contribution is -2.33. The zero-order valence-electron chi connectivity index (χ0n) is 21.1. The van der Waals surface area contributed by atoms with Gasteiger partial charge in [-0.15, -0.1) is 11.8 Å². The van der Waals surface area contributed by atoms with E-state index in [1.165, 1.54) is 40.0 Å². The molecule has 0 aliphatic carbocycles. The second kappa shape index (κ2) is 13.3. The molecule has 0 unspecified atom stereocenters. The Morgan fingerprint density at radius 2 is 1.66 bits per heavy atom. The molecule has 0 bridgehead atoms. The van der Waals surface area contributed by atoms with Gasteiger partial charge in [0.25, 0.3) is 0 Å². The number of carbonyl (C=O) groups excluding carboxylic acids is 2. The molecule has 1 aliphatic rings. The Morgan fingerprint density at radius 1 is 1.03 bits per heavy atom. The molecule has 38 heavy (non-hydrogen) atoms. The van der Waals surface area contributed by atoms with Crippen LogP contribution in [-0.2, 0) is 19.6 Å². The summed E-state index contributed by atoms with van der Waals surface area (Å²) in [6.07, 6.45) is 1.28. The van der Waals surface area contributed by atoms with Crippen molar-refractivity contribution in [2.75, 3.05) is 18.8 Å². The molecule has 0 fully saturated rings. The van der Waals surface area contributed by atoms with E-state index in [0.29, 0.717) is 37.1 Å². The highest BCUT2D eigenvalue weighted by Gasteiger charge is 2.37. The van der Waals surface area contributed by atoms with Gasteiger partial charge in [-0.3, -0.25) is 14.5 Å². The Balaban J connectivity index is 1.64. The minimum atomic E-state index is -3.66. The number of hydrogen-bond donors (Lipinski definition) is 2. The summed E-state index contributed by atoms with van der Waals surface area (Å²) in [5.74, 6) is -1.71. The predicted octanol–water partition coefficient (Wildman–Crippen LogP) is 4.67. The normalized spacial score (nSPS) is 15.5. The van der Waals surface area contributed by atoms with E-state index >= 15 is 0 Å². The SMILES string of the molecule is CCCN(CCC)S(=O)(=O)c1ccc(C(=O)SCCC(=O)N2C(C(=O)O)=CS[C@@H]2c2ccccc2O)cc1. The fraction of sp³-hybridized carbons (Fsp3) is 0.346. The number of rotatable bonds is 12. The van der Waals surface area contributed by atoms with Gasteiger partial charge in [0.2, 0.25) is 21.0 Å². The van der Waals surface area contributed by atoms with Crippen molar-refractivity contribution >= 4 is 50.5 Å². The average molecular weight is 579 g/mol. The summed E-state index contributed by atoms with van der Waals surface area (Å²) in [6, 6.07) is 12.1. The molecular weight excluding hydrogens is 548 g/mol. The molecule has 1 atom stereocenters. The van der Waals surface area contributed by atoms with E-state index in [0.717, 1.165) is 28.4 Å². The maximum Gasteiger partial charge on any atom is 0.353 e. The smallest absolute Gasteiger partial charge is 0.353 e. The highest BCUT2D eigenvalue weighted by molar-refractivity contribution is 8.14. The van der Waals surface area contributed by atoms with E-state index in [1.807, 2.05) is 13.8 Å². The van der Waals surface area contributed by atoms with Crippen molar-refractivity contribution in [3.05, 3.63) is 70.8 Å². The minimum absolute atomic E-state index is 0.0506. The Labute approximate surface area is 231 Å². The molecule has 9 nitrogen and oxygen atoms in total. The van der Waals surface area contributed by atoms with Crippen molar-refractivity contribution in [3.8, 4) is 5.75 Å². The standard InChI is InChI=1S/C26H30N2O7S3/c1-3-14-27(15-4-2)38(34,35)19-11-9-18(10-12-19)26(33)36-16-13-23(30)28-21(25(31)32)17-37-24(28)20-7-5-6-8-22(20)29/h5-12,17,24,29H,3-4,13-16H2,1-2H3,(H,31,32)/t24-/m1/s1. The van der Waals surface area contributed by atoms with Gasteiger partial charge in [0.15, 0.2) is 0 Å².